The Bertz CT molecular complexity index is 393. The van der Waals surface area contributed by atoms with Gasteiger partial charge in [0, 0.05) is 18.8 Å². The summed E-state index contributed by atoms with van der Waals surface area (Å²) in [6.07, 6.45) is 2.30. The van der Waals surface area contributed by atoms with Crippen LogP contribution in [0.15, 0.2) is 24.3 Å². The second-order valence-electron chi connectivity index (χ2n) is 4.71. The average molecular weight is 294 g/mol. The Morgan fingerprint density at radius 3 is 2.52 bits per heavy atom. The molecule has 0 aromatic heterocycles. The summed E-state index contributed by atoms with van der Waals surface area (Å²) in [5.74, 6) is -0.313. The minimum Gasteiger partial charge on any atom is -0.460 e. The van der Waals surface area contributed by atoms with Gasteiger partial charge in [0.25, 0.3) is 0 Å². The van der Waals surface area contributed by atoms with E-state index in [1.165, 1.54) is 0 Å². The molecule has 1 aromatic rings. The molecule has 0 aliphatic rings. The van der Waals surface area contributed by atoms with Crippen LogP contribution in [-0.2, 0) is 9.47 Å². The highest BCUT2D eigenvalue weighted by atomic mass is 16.6. The summed E-state index contributed by atoms with van der Waals surface area (Å²) in [6, 6.07) is 7.35. The van der Waals surface area contributed by atoms with Gasteiger partial charge in [-0.1, -0.05) is 13.3 Å². The highest BCUT2D eigenvalue weighted by Crippen LogP contribution is 2.10. The molecule has 0 amide bonds. The van der Waals surface area contributed by atoms with Crippen LogP contribution in [0.3, 0.4) is 0 Å². The van der Waals surface area contributed by atoms with E-state index in [1.54, 1.807) is 12.1 Å². The summed E-state index contributed by atoms with van der Waals surface area (Å²) < 4.78 is 10.4. The summed E-state index contributed by atoms with van der Waals surface area (Å²) in [6.45, 7) is 5.21. The normalized spacial score (nSPS) is 10.4. The van der Waals surface area contributed by atoms with Gasteiger partial charge in [-0.2, -0.15) is 0 Å². The lowest BCUT2D eigenvalue weighted by Gasteiger charge is -2.08. The molecule has 0 atom stereocenters. The lowest BCUT2D eigenvalue weighted by Crippen LogP contribution is -2.17. The third-order valence-corrected chi connectivity index (χ3v) is 2.94. The van der Waals surface area contributed by atoms with Crippen LogP contribution in [0.5, 0.6) is 0 Å². The highest BCUT2D eigenvalue weighted by Gasteiger charge is 2.06. The molecule has 5 nitrogen and oxygen atoms in total. The largest absolute Gasteiger partial charge is 0.460 e. The Labute approximate surface area is 127 Å². The van der Waals surface area contributed by atoms with Gasteiger partial charge < -0.3 is 20.1 Å². The molecule has 1 rings (SSSR count). The van der Waals surface area contributed by atoms with E-state index in [0.717, 1.165) is 31.6 Å². The van der Waals surface area contributed by atoms with E-state index in [0.29, 0.717) is 18.8 Å². The number of hydrogen-bond acceptors (Lipinski definition) is 5. The number of likely N-dealkylation sites (N-methyl/N-ethyl adjacent to an activating group) is 1. The number of carbonyl (C=O) groups excluding carboxylic acids is 1. The molecule has 5 heteroatoms. The fourth-order valence-corrected chi connectivity index (χ4v) is 1.69. The van der Waals surface area contributed by atoms with Crippen molar-refractivity contribution >= 4 is 11.7 Å². The Balaban J connectivity index is 2.24. The number of esters is 1. The number of unbranched alkanes of at least 4 members (excludes halogenated alkanes) is 1. The first kappa shape index (κ1) is 17.5. The van der Waals surface area contributed by atoms with Gasteiger partial charge in [-0.05, 0) is 37.7 Å². The van der Waals surface area contributed by atoms with Gasteiger partial charge in [-0.25, -0.2) is 4.79 Å². The minimum absolute atomic E-state index is 0.277. The smallest absolute Gasteiger partial charge is 0.338 e. The summed E-state index contributed by atoms with van der Waals surface area (Å²) in [7, 11) is 1.87. The maximum Gasteiger partial charge on any atom is 0.338 e. The Morgan fingerprint density at radius 2 is 1.86 bits per heavy atom. The molecule has 1 aromatic carbocycles. The molecule has 0 bridgehead atoms. The van der Waals surface area contributed by atoms with Crippen molar-refractivity contribution in [3.8, 4) is 0 Å². The summed E-state index contributed by atoms with van der Waals surface area (Å²) in [5.41, 5.74) is 1.58. The first-order chi connectivity index (χ1) is 10.3. The predicted octanol–water partition coefficient (Wildman–Crippen LogP) is 2.29. The molecule has 0 aliphatic heterocycles. The third kappa shape index (κ3) is 7.68. The number of anilines is 1. The maximum absolute atomic E-state index is 11.8. The number of hydrogen-bond donors (Lipinski definition) is 2. The number of ether oxygens (including phenoxy) is 2. The lowest BCUT2D eigenvalue weighted by molar-refractivity contribution is 0.0323. The van der Waals surface area contributed by atoms with E-state index in [1.807, 2.05) is 19.2 Å². The Morgan fingerprint density at radius 1 is 1.10 bits per heavy atom. The van der Waals surface area contributed by atoms with E-state index in [2.05, 4.69) is 17.6 Å². The molecule has 0 aliphatic carbocycles. The molecular weight excluding hydrogens is 268 g/mol. The topological polar surface area (TPSA) is 59.6 Å². The molecular formula is C16H26N2O3. The van der Waals surface area contributed by atoms with Crippen LogP contribution in [0.1, 0.15) is 30.1 Å². The number of nitrogens with one attached hydrogen (secondary N) is 2. The summed E-state index contributed by atoms with van der Waals surface area (Å²) in [5, 5.41) is 6.28. The number of benzene rings is 1. The highest BCUT2D eigenvalue weighted by molar-refractivity contribution is 5.89. The lowest BCUT2D eigenvalue weighted by atomic mass is 10.2. The second kappa shape index (κ2) is 11.1. The summed E-state index contributed by atoms with van der Waals surface area (Å²) in [4.78, 5) is 11.8. The van der Waals surface area contributed by atoms with Gasteiger partial charge in [0.1, 0.15) is 6.61 Å². The number of carbonyl (C=O) groups is 1. The maximum atomic E-state index is 11.8. The Kier molecular flexibility index (Phi) is 9.24. The van der Waals surface area contributed by atoms with Crippen LogP contribution in [0.4, 0.5) is 5.69 Å². The van der Waals surface area contributed by atoms with Gasteiger partial charge in [-0.3, -0.25) is 0 Å². The van der Waals surface area contributed by atoms with Gasteiger partial charge in [0.15, 0.2) is 0 Å². The van der Waals surface area contributed by atoms with E-state index >= 15 is 0 Å². The van der Waals surface area contributed by atoms with Crippen molar-refractivity contribution in [3.05, 3.63) is 29.8 Å². The molecule has 0 heterocycles. The first-order valence-electron chi connectivity index (χ1n) is 7.51. The van der Waals surface area contributed by atoms with Crippen LogP contribution < -0.4 is 10.6 Å². The van der Waals surface area contributed by atoms with Crippen LogP contribution in [0, 0.1) is 0 Å². The quantitative estimate of drug-likeness (QED) is 0.484. The molecule has 0 unspecified atom stereocenters. The molecule has 0 radical (unpaired) electrons. The molecule has 0 saturated heterocycles. The molecule has 21 heavy (non-hydrogen) atoms. The summed E-state index contributed by atoms with van der Waals surface area (Å²) >= 11 is 0. The SMILES string of the molecule is CCCCNc1ccc(C(=O)OCCOCCNC)cc1. The molecule has 0 fully saturated rings. The zero-order valence-electron chi connectivity index (χ0n) is 13.0. The van der Waals surface area contributed by atoms with Crippen molar-refractivity contribution in [2.24, 2.45) is 0 Å². The molecule has 0 spiro atoms. The monoisotopic (exact) mass is 294 g/mol. The van der Waals surface area contributed by atoms with E-state index in [-0.39, 0.29) is 12.6 Å². The van der Waals surface area contributed by atoms with Gasteiger partial charge >= 0.3 is 5.97 Å². The van der Waals surface area contributed by atoms with Crippen LogP contribution in [0.2, 0.25) is 0 Å². The fourth-order valence-electron chi connectivity index (χ4n) is 1.69. The van der Waals surface area contributed by atoms with Crippen molar-refractivity contribution in [1.29, 1.82) is 0 Å². The van der Waals surface area contributed by atoms with Crippen LogP contribution in [-0.4, -0.2) is 45.9 Å². The van der Waals surface area contributed by atoms with E-state index in [4.69, 9.17) is 9.47 Å². The fraction of sp³-hybridized carbons (Fsp3) is 0.562. The standard InChI is InChI=1S/C16H26N2O3/c1-3-4-9-18-15-7-5-14(6-8-15)16(19)21-13-12-20-11-10-17-2/h5-8,17-18H,3-4,9-13H2,1-2H3. The minimum atomic E-state index is -0.313. The van der Waals surface area contributed by atoms with Gasteiger partial charge in [-0.15, -0.1) is 0 Å². The molecule has 2 N–H and O–H groups in total. The first-order valence-corrected chi connectivity index (χ1v) is 7.51. The van der Waals surface area contributed by atoms with Crippen molar-refractivity contribution < 1.29 is 14.3 Å². The van der Waals surface area contributed by atoms with Crippen molar-refractivity contribution in [2.75, 3.05) is 45.3 Å². The van der Waals surface area contributed by atoms with Crippen molar-refractivity contribution in [3.63, 3.8) is 0 Å². The zero-order valence-corrected chi connectivity index (χ0v) is 13.0. The molecule has 118 valence electrons. The van der Waals surface area contributed by atoms with Crippen molar-refractivity contribution in [1.82, 2.24) is 5.32 Å². The second-order valence-corrected chi connectivity index (χ2v) is 4.71. The average Bonchev–Trinajstić information content (AvgIpc) is 2.51. The van der Waals surface area contributed by atoms with E-state index in [9.17, 15) is 4.79 Å². The van der Waals surface area contributed by atoms with Gasteiger partial charge in [0.2, 0.25) is 0 Å². The molecule has 0 saturated carbocycles. The predicted molar refractivity (Wildman–Crippen MR) is 84.9 cm³/mol. The van der Waals surface area contributed by atoms with E-state index < -0.39 is 0 Å². The van der Waals surface area contributed by atoms with Gasteiger partial charge in [0.05, 0.1) is 18.8 Å². The van der Waals surface area contributed by atoms with Crippen LogP contribution >= 0.6 is 0 Å². The van der Waals surface area contributed by atoms with Crippen molar-refractivity contribution in [2.45, 2.75) is 19.8 Å². The number of rotatable bonds is 11. The zero-order chi connectivity index (χ0) is 15.3. The van der Waals surface area contributed by atoms with Crippen LogP contribution in [0.25, 0.3) is 0 Å². The Hall–Kier alpha value is -1.59. The third-order valence-electron chi connectivity index (χ3n) is 2.94.